The van der Waals surface area contributed by atoms with Crippen LogP contribution in [-0.4, -0.2) is 76.8 Å². The lowest BCUT2D eigenvalue weighted by molar-refractivity contribution is -0.152. The highest BCUT2D eigenvalue weighted by molar-refractivity contribution is 6.00. The molecule has 1 rings (SSSR count). The van der Waals surface area contributed by atoms with E-state index in [4.69, 9.17) is 22.9 Å². The number of amides is 4. The Hall–Kier alpha value is -3.24. The van der Waals surface area contributed by atoms with Gasteiger partial charge in [-0.15, -0.1) is 0 Å². The molecule has 1 fully saturated rings. The van der Waals surface area contributed by atoms with Gasteiger partial charge in [0.25, 0.3) is 0 Å². The summed E-state index contributed by atoms with van der Waals surface area (Å²) in [6, 6.07) is -0.600. The fraction of sp³-hybridized carbons (Fsp3) is 0.727. The predicted molar refractivity (Wildman–Crippen MR) is 130 cm³/mol. The summed E-state index contributed by atoms with van der Waals surface area (Å²) in [6.07, 6.45) is 0.684. The average Bonchev–Trinajstić information content (AvgIpc) is 3.22. The Bertz CT molecular complexity index is 833. The molecule has 0 aliphatic carbocycles. The Morgan fingerprint density at radius 2 is 1.89 bits per heavy atom. The molecule has 13 nitrogen and oxygen atoms in total. The third-order valence-electron chi connectivity index (χ3n) is 5.57. The van der Waals surface area contributed by atoms with Crippen molar-refractivity contribution in [3.63, 3.8) is 0 Å². The maximum Gasteiger partial charge on any atom is 0.246 e. The van der Waals surface area contributed by atoms with Crippen LogP contribution in [0.5, 0.6) is 0 Å². The average molecular weight is 494 g/mol. The highest BCUT2D eigenvalue weighted by Crippen LogP contribution is 2.20. The molecule has 0 aromatic carbocycles. The van der Waals surface area contributed by atoms with Crippen molar-refractivity contribution in [3.8, 4) is 6.07 Å². The standard InChI is InChI=1S/C22H39N9O4/c1-13(2)10-17(31(14(3)32)19(33)11-18(24)25)20(34)29-16(7-4-8-28-22(26)27)21(35)30-9-5-6-15(30)12-23/h13,15-18H,4-11,24-25H2,1-3H3,(H,29,34)(H4,26,27,28)/t15?,16-,17-/m0/s1. The normalized spacial score (nSPS) is 17.0. The molecule has 0 radical (unpaired) electrons. The Balaban J connectivity index is 3.20. The molecule has 0 aromatic heterocycles. The molecule has 4 amide bonds. The lowest BCUT2D eigenvalue weighted by atomic mass is 9.99. The number of hydrogen-bond acceptors (Lipinski definition) is 8. The van der Waals surface area contributed by atoms with E-state index in [0.717, 1.165) is 4.90 Å². The highest BCUT2D eigenvalue weighted by Gasteiger charge is 2.38. The van der Waals surface area contributed by atoms with E-state index >= 15 is 0 Å². The fourth-order valence-corrected chi connectivity index (χ4v) is 4.04. The van der Waals surface area contributed by atoms with Crippen LogP contribution in [0.4, 0.5) is 0 Å². The van der Waals surface area contributed by atoms with Crippen molar-refractivity contribution in [2.75, 3.05) is 13.1 Å². The van der Waals surface area contributed by atoms with E-state index in [9.17, 15) is 24.4 Å². The number of nitrogens with two attached hydrogens (primary N) is 4. The molecule has 1 heterocycles. The minimum Gasteiger partial charge on any atom is -0.370 e. The Morgan fingerprint density at radius 1 is 1.23 bits per heavy atom. The number of nitrogens with zero attached hydrogens (tertiary/aromatic N) is 4. The largest absolute Gasteiger partial charge is 0.370 e. The van der Waals surface area contributed by atoms with Gasteiger partial charge in [0.05, 0.1) is 18.7 Å². The van der Waals surface area contributed by atoms with Gasteiger partial charge in [0.2, 0.25) is 23.6 Å². The van der Waals surface area contributed by atoms with Gasteiger partial charge < -0.3 is 33.2 Å². The van der Waals surface area contributed by atoms with Gasteiger partial charge in [-0.1, -0.05) is 13.8 Å². The molecule has 35 heavy (non-hydrogen) atoms. The number of carbonyl (C=O) groups excluding carboxylic acids is 4. The zero-order valence-electron chi connectivity index (χ0n) is 20.8. The Labute approximate surface area is 206 Å². The smallest absolute Gasteiger partial charge is 0.246 e. The van der Waals surface area contributed by atoms with E-state index in [2.05, 4.69) is 16.4 Å². The number of nitrogens with one attached hydrogen (secondary N) is 1. The SMILES string of the molecule is CC(=O)N(C(=O)CC(N)N)[C@@H](CC(C)C)C(=O)N[C@@H](CCCN=C(N)N)C(=O)N1CCCC1C#N. The number of guanidine groups is 1. The summed E-state index contributed by atoms with van der Waals surface area (Å²) in [7, 11) is 0. The molecule has 0 aromatic rings. The molecule has 1 unspecified atom stereocenters. The second kappa shape index (κ2) is 14.2. The predicted octanol–water partition coefficient (Wildman–Crippen LogP) is -1.54. The van der Waals surface area contributed by atoms with Crippen LogP contribution in [0.15, 0.2) is 4.99 Å². The van der Waals surface area contributed by atoms with Crippen LogP contribution in [0.3, 0.4) is 0 Å². The number of carbonyl (C=O) groups is 4. The second-order valence-electron chi connectivity index (χ2n) is 9.12. The zero-order valence-corrected chi connectivity index (χ0v) is 20.8. The molecular formula is C22H39N9O4. The molecule has 0 spiro atoms. The van der Waals surface area contributed by atoms with Crippen LogP contribution in [-0.2, 0) is 19.2 Å². The van der Waals surface area contributed by atoms with Gasteiger partial charge in [-0.05, 0) is 38.0 Å². The van der Waals surface area contributed by atoms with E-state index in [1.807, 2.05) is 13.8 Å². The molecule has 1 aliphatic heterocycles. The van der Waals surface area contributed by atoms with Crippen LogP contribution >= 0.6 is 0 Å². The first-order chi connectivity index (χ1) is 16.4. The summed E-state index contributed by atoms with van der Waals surface area (Å²) >= 11 is 0. The summed E-state index contributed by atoms with van der Waals surface area (Å²) in [5.74, 6) is -2.50. The van der Waals surface area contributed by atoms with Crippen molar-refractivity contribution in [1.82, 2.24) is 15.1 Å². The molecular weight excluding hydrogens is 454 g/mol. The van der Waals surface area contributed by atoms with Crippen LogP contribution in [0.25, 0.3) is 0 Å². The van der Waals surface area contributed by atoms with Crippen molar-refractivity contribution in [1.29, 1.82) is 5.26 Å². The maximum absolute atomic E-state index is 13.4. The first-order valence-corrected chi connectivity index (χ1v) is 11.8. The Kier molecular flexibility index (Phi) is 12.1. The second-order valence-corrected chi connectivity index (χ2v) is 9.12. The third kappa shape index (κ3) is 9.50. The van der Waals surface area contributed by atoms with Crippen LogP contribution in [0.1, 0.15) is 59.3 Å². The first kappa shape index (κ1) is 29.8. The summed E-state index contributed by atoms with van der Waals surface area (Å²) in [6.45, 7) is 5.51. The van der Waals surface area contributed by atoms with Crippen molar-refractivity contribution >= 4 is 29.6 Å². The fourth-order valence-electron chi connectivity index (χ4n) is 4.04. The maximum atomic E-state index is 13.4. The monoisotopic (exact) mass is 493 g/mol. The molecule has 1 saturated heterocycles. The number of imide groups is 1. The molecule has 13 heteroatoms. The van der Waals surface area contributed by atoms with Gasteiger partial charge in [-0.2, -0.15) is 5.26 Å². The number of nitriles is 1. The highest BCUT2D eigenvalue weighted by atomic mass is 16.2. The van der Waals surface area contributed by atoms with Gasteiger partial charge >= 0.3 is 0 Å². The number of aliphatic imine (C=N–C) groups is 1. The van der Waals surface area contributed by atoms with Crippen molar-refractivity contribution in [2.45, 2.75) is 83.6 Å². The van der Waals surface area contributed by atoms with E-state index in [-0.39, 0.29) is 37.7 Å². The van der Waals surface area contributed by atoms with Crippen LogP contribution < -0.4 is 28.3 Å². The summed E-state index contributed by atoms with van der Waals surface area (Å²) in [4.78, 5) is 58.0. The van der Waals surface area contributed by atoms with E-state index in [1.165, 1.54) is 11.8 Å². The van der Waals surface area contributed by atoms with Crippen LogP contribution in [0.2, 0.25) is 0 Å². The summed E-state index contributed by atoms with van der Waals surface area (Å²) in [5, 5.41) is 12.1. The quantitative estimate of drug-likeness (QED) is 0.0917. The van der Waals surface area contributed by atoms with Crippen molar-refractivity contribution in [3.05, 3.63) is 0 Å². The molecule has 0 bridgehead atoms. The van der Waals surface area contributed by atoms with E-state index in [0.29, 0.717) is 25.8 Å². The third-order valence-corrected chi connectivity index (χ3v) is 5.57. The van der Waals surface area contributed by atoms with Gasteiger partial charge in [0.15, 0.2) is 5.96 Å². The van der Waals surface area contributed by atoms with Crippen molar-refractivity contribution < 1.29 is 19.2 Å². The number of hydrogen-bond donors (Lipinski definition) is 5. The molecule has 0 saturated carbocycles. The first-order valence-electron chi connectivity index (χ1n) is 11.8. The van der Waals surface area contributed by atoms with Crippen LogP contribution in [0, 0.1) is 17.2 Å². The van der Waals surface area contributed by atoms with Gasteiger partial charge in [-0.25, -0.2) is 0 Å². The van der Waals surface area contributed by atoms with Gasteiger partial charge in [0.1, 0.15) is 18.1 Å². The van der Waals surface area contributed by atoms with E-state index in [1.54, 1.807) is 0 Å². The minimum absolute atomic E-state index is 0.0514. The topological polar surface area (TPSA) is 227 Å². The molecule has 1 aliphatic rings. The lowest BCUT2D eigenvalue weighted by Gasteiger charge is -2.32. The Morgan fingerprint density at radius 3 is 2.40 bits per heavy atom. The molecule has 3 atom stereocenters. The van der Waals surface area contributed by atoms with Crippen molar-refractivity contribution in [2.24, 2.45) is 33.8 Å². The minimum atomic E-state index is -1.16. The van der Waals surface area contributed by atoms with Gasteiger partial charge in [-0.3, -0.25) is 29.1 Å². The number of likely N-dealkylation sites (tertiary alicyclic amines) is 1. The zero-order chi connectivity index (χ0) is 26.7. The summed E-state index contributed by atoms with van der Waals surface area (Å²) in [5.41, 5.74) is 21.8. The molecule has 9 N–H and O–H groups in total. The lowest BCUT2D eigenvalue weighted by Crippen LogP contribution is -2.57. The van der Waals surface area contributed by atoms with E-state index < -0.39 is 47.9 Å². The van der Waals surface area contributed by atoms with Gasteiger partial charge in [0, 0.05) is 20.0 Å². The molecule has 196 valence electrons. The summed E-state index contributed by atoms with van der Waals surface area (Å²) < 4.78 is 0. The number of rotatable bonds is 12.